The lowest BCUT2D eigenvalue weighted by atomic mass is 10.0. The van der Waals surface area contributed by atoms with E-state index in [1.54, 1.807) is 6.07 Å². The summed E-state index contributed by atoms with van der Waals surface area (Å²) >= 11 is 0. The molecule has 0 unspecified atom stereocenters. The van der Waals surface area contributed by atoms with Crippen LogP contribution in [0.2, 0.25) is 0 Å². The first-order valence-corrected chi connectivity index (χ1v) is 13.4. The van der Waals surface area contributed by atoms with Crippen molar-refractivity contribution in [3.8, 4) is 12.3 Å². The second kappa shape index (κ2) is 9.56. The molecular formula is C26H26F2N2O5S. The van der Waals surface area contributed by atoms with Gasteiger partial charge in [0, 0.05) is 24.2 Å². The second-order valence-corrected chi connectivity index (χ2v) is 11.0. The molecule has 0 N–H and O–H groups in total. The Bertz CT molecular complexity index is 1330. The number of sulfonamides is 1. The lowest BCUT2D eigenvalue weighted by Gasteiger charge is -2.32. The minimum Gasteiger partial charge on any atom is -0.338 e. The molecule has 10 heteroatoms. The normalized spacial score (nSPS) is 21.6. The van der Waals surface area contributed by atoms with E-state index in [0.29, 0.717) is 62.3 Å². The molecule has 2 fully saturated rings. The fraction of sp³-hybridized carbons (Fsp3) is 0.423. The van der Waals surface area contributed by atoms with E-state index < -0.39 is 33.4 Å². The van der Waals surface area contributed by atoms with Crippen molar-refractivity contribution in [1.29, 1.82) is 0 Å². The average Bonchev–Trinajstić information content (AvgIpc) is 3.43. The van der Waals surface area contributed by atoms with Crippen molar-refractivity contribution in [2.24, 2.45) is 0 Å². The SMILES string of the molecule is C#CCN1C(=O)C2(OCCCO2)c2cc(S(=O)(=O)N3CCC[C@H]3CCc3ccc(F)cc3F)ccc21. The molecule has 2 saturated heterocycles. The van der Waals surface area contributed by atoms with Crippen LogP contribution in [0.25, 0.3) is 0 Å². The predicted octanol–water partition coefficient (Wildman–Crippen LogP) is 3.32. The summed E-state index contributed by atoms with van der Waals surface area (Å²) in [7, 11) is -3.93. The molecule has 0 aliphatic carbocycles. The lowest BCUT2D eigenvalue weighted by Crippen LogP contribution is -2.47. The number of terminal acetylenes is 1. The maximum absolute atomic E-state index is 14.1. The van der Waals surface area contributed by atoms with E-state index in [0.717, 1.165) is 6.07 Å². The van der Waals surface area contributed by atoms with Gasteiger partial charge in [0.1, 0.15) is 11.6 Å². The zero-order valence-electron chi connectivity index (χ0n) is 19.6. The Hall–Kier alpha value is -2.84. The highest BCUT2D eigenvalue weighted by atomic mass is 32.2. The van der Waals surface area contributed by atoms with Crippen molar-refractivity contribution in [3.05, 3.63) is 59.2 Å². The number of halogens is 2. The van der Waals surface area contributed by atoms with Crippen LogP contribution >= 0.6 is 0 Å². The van der Waals surface area contributed by atoms with Gasteiger partial charge < -0.3 is 9.47 Å². The number of aryl methyl sites for hydroxylation is 1. The van der Waals surface area contributed by atoms with Crippen LogP contribution in [-0.2, 0) is 36.5 Å². The van der Waals surface area contributed by atoms with Gasteiger partial charge in [-0.15, -0.1) is 6.42 Å². The third kappa shape index (κ3) is 4.10. The summed E-state index contributed by atoms with van der Waals surface area (Å²) in [5.74, 6) is -1.01. The van der Waals surface area contributed by atoms with Crippen LogP contribution in [-0.4, -0.2) is 51.0 Å². The fourth-order valence-electron chi connectivity index (χ4n) is 5.23. The van der Waals surface area contributed by atoms with Crippen molar-refractivity contribution in [2.45, 2.75) is 48.8 Å². The molecule has 0 saturated carbocycles. The van der Waals surface area contributed by atoms with E-state index in [1.807, 2.05) is 0 Å². The first-order valence-electron chi connectivity index (χ1n) is 11.9. The van der Waals surface area contributed by atoms with Gasteiger partial charge in [-0.3, -0.25) is 9.69 Å². The van der Waals surface area contributed by atoms with Gasteiger partial charge in [-0.1, -0.05) is 12.0 Å². The van der Waals surface area contributed by atoms with Crippen molar-refractivity contribution in [1.82, 2.24) is 4.31 Å². The standard InChI is InChI=1S/C26H26F2N2O5S/c1-2-12-29-24-11-10-21(17-22(24)26(25(29)31)34-14-4-15-35-26)36(32,33)30-13-3-5-20(30)9-7-18-6-8-19(27)16-23(18)28/h1,6,8,10-11,16-17,20H,3-5,7,9,12-15H2/t20-/m0/s1. The Balaban J connectivity index is 1.44. The van der Waals surface area contributed by atoms with Crippen LogP contribution < -0.4 is 4.90 Å². The first-order chi connectivity index (χ1) is 17.3. The highest BCUT2D eigenvalue weighted by molar-refractivity contribution is 7.89. The Kier molecular flexibility index (Phi) is 6.59. The minimum absolute atomic E-state index is 0.000540. The van der Waals surface area contributed by atoms with Crippen LogP contribution in [0.5, 0.6) is 0 Å². The van der Waals surface area contributed by atoms with Crippen LogP contribution in [0.3, 0.4) is 0 Å². The Morgan fingerprint density at radius 3 is 2.61 bits per heavy atom. The molecule has 190 valence electrons. The van der Waals surface area contributed by atoms with Crippen molar-refractivity contribution < 1.29 is 31.5 Å². The third-order valence-electron chi connectivity index (χ3n) is 6.98. The molecule has 1 spiro atoms. The summed E-state index contributed by atoms with van der Waals surface area (Å²) in [4.78, 5) is 14.6. The van der Waals surface area contributed by atoms with Gasteiger partial charge in [0.2, 0.25) is 10.0 Å². The molecule has 3 aliphatic rings. The number of benzene rings is 2. The summed E-state index contributed by atoms with van der Waals surface area (Å²) in [6.07, 6.45) is 8.07. The van der Waals surface area contributed by atoms with Gasteiger partial charge in [-0.05, 0) is 61.9 Å². The molecule has 1 amide bonds. The van der Waals surface area contributed by atoms with E-state index in [2.05, 4.69) is 5.92 Å². The zero-order chi connectivity index (χ0) is 25.5. The monoisotopic (exact) mass is 516 g/mol. The molecule has 7 nitrogen and oxygen atoms in total. The number of carbonyl (C=O) groups excluding carboxylic acids is 1. The van der Waals surface area contributed by atoms with Gasteiger partial charge in [-0.2, -0.15) is 4.31 Å². The van der Waals surface area contributed by atoms with Crippen molar-refractivity contribution in [3.63, 3.8) is 0 Å². The summed E-state index contributed by atoms with van der Waals surface area (Å²) in [5.41, 5.74) is 1.13. The Labute approximate surface area is 209 Å². The molecule has 5 rings (SSSR count). The van der Waals surface area contributed by atoms with Crippen molar-refractivity contribution >= 4 is 21.6 Å². The van der Waals surface area contributed by atoms with E-state index >= 15 is 0 Å². The topological polar surface area (TPSA) is 76.1 Å². The highest BCUT2D eigenvalue weighted by Gasteiger charge is 2.55. The number of hydrogen-bond acceptors (Lipinski definition) is 5. The number of nitrogens with zero attached hydrogens (tertiary/aromatic N) is 2. The molecule has 0 aromatic heterocycles. The van der Waals surface area contributed by atoms with Crippen LogP contribution in [0, 0.1) is 24.0 Å². The summed E-state index contributed by atoms with van der Waals surface area (Å²) in [5, 5.41) is 0. The van der Waals surface area contributed by atoms with Gasteiger partial charge in [0.15, 0.2) is 0 Å². The molecule has 3 heterocycles. The average molecular weight is 517 g/mol. The van der Waals surface area contributed by atoms with Crippen LogP contribution in [0.1, 0.15) is 36.8 Å². The van der Waals surface area contributed by atoms with E-state index in [4.69, 9.17) is 15.9 Å². The summed E-state index contributed by atoms with van der Waals surface area (Å²) < 4.78 is 67.8. The quantitative estimate of drug-likeness (QED) is 0.551. The molecule has 2 aromatic carbocycles. The number of fused-ring (bicyclic) bond motifs is 2. The lowest BCUT2D eigenvalue weighted by molar-refractivity contribution is -0.256. The smallest absolute Gasteiger partial charge is 0.293 e. The number of anilines is 1. The Morgan fingerprint density at radius 2 is 1.89 bits per heavy atom. The highest BCUT2D eigenvalue weighted by Crippen LogP contribution is 2.46. The largest absolute Gasteiger partial charge is 0.338 e. The fourth-order valence-corrected chi connectivity index (χ4v) is 6.98. The maximum atomic E-state index is 14.1. The summed E-state index contributed by atoms with van der Waals surface area (Å²) in [6.45, 7) is 0.914. The zero-order valence-corrected chi connectivity index (χ0v) is 20.4. The van der Waals surface area contributed by atoms with Crippen molar-refractivity contribution in [2.75, 3.05) is 31.2 Å². The van der Waals surface area contributed by atoms with E-state index in [-0.39, 0.29) is 23.9 Å². The number of carbonyl (C=O) groups is 1. The maximum Gasteiger partial charge on any atom is 0.293 e. The predicted molar refractivity (Wildman–Crippen MR) is 127 cm³/mol. The van der Waals surface area contributed by atoms with E-state index in [9.17, 15) is 22.0 Å². The Morgan fingerprint density at radius 1 is 1.11 bits per heavy atom. The van der Waals surface area contributed by atoms with Gasteiger partial charge in [0.05, 0.1) is 30.3 Å². The second-order valence-electron chi connectivity index (χ2n) is 9.13. The molecule has 2 aromatic rings. The minimum atomic E-state index is -3.93. The van der Waals surface area contributed by atoms with Crippen LogP contribution in [0.15, 0.2) is 41.3 Å². The van der Waals surface area contributed by atoms with Crippen LogP contribution in [0.4, 0.5) is 14.5 Å². The number of rotatable bonds is 6. The third-order valence-corrected chi connectivity index (χ3v) is 8.93. The van der Waals surface area contributed by atoms with Gasteiger partial charge in [0.25, 0.3) is 11.7 Å². The van der Waals surface area contributed by atoms with Gasteiger partial charge >= 0.3 is 0 Å². The molecular weight excluding hydrogens is 490 g/mol. The molecule has 3 aliphatic heterocycles. The number of hydrogen-bond donors (Lipinski definition) is 0. The number of amides is 1. The molecule has 0 radical (unpaired) electrons. The molecule has 0 bridgehead atoms. The molecule has 36 heavy (non-hydrogen) atoms. The van der Waals surface area contributed by atoms with Gasteiger partial charge in [-0.25, -0.2) is 17.2 Å². The first kappa shape index (κ1) is 24.8. The van der Waals surface area contributed by atoms with E-state index in [1.165, 1.54) is 33.5 Å². The number of ether oxygens (including phenoxy) is 2. The molecule has 1 atom stereocenters. The summed E-state index contributed by atoms with van der Waals surface area (Å²) in [6, 6.07) is 7.56.